The van der Waals surface area contributed by atoms with Crippen molar-refractivity contribution >= 4 is 12.0 Å². The molecule has 1 aliphatic carbocycles. The van der Waals surface area contributed by atoms with Crippen molar-refractivity contribution < 1.29 is 24.5 Å². The quantitative estimate of drug-likeness (QED) is 0.419. The van der Waals surface area contributed by atoms with E-state index in [0.29, 0.717) is 18.4 Å². The highest BCUT2D eigenvalue weighted by Crippen LogP contribution is 2.28. The average molecular weight is 475 g/mol. The molecule has 184 valence electrons. The van der Waals surface area contributed by atoms with E-state index >= 15 is 0 Å². The van der Waals surface area contributed by atoms with E-state index in [4.69, 9.17) is 4.74 Å². The van der Waals surface area contributed by atoms with E-state index in [1.54, 1.807) is 45.0 Å². The number of hydrogen-bond donors (Lipinski definition) is 5. The minimum Gasteiger partial charge on any atom is -0.444 e. The molecule has 0 bridgehead atoms. The number of alkyl carbamates (subject to hydrolysis) is 1. The van der Waals surface area contributed by atoms with Gasteiger partial charge in [0.05, 0.1) is 12.1 Å². The van der Waals surface area contributed by atoms with Crippen molar-refractivity contribution in [3.63, 3.8) is 0 Å². The monoisotopic (exact) mass is 474 g/mol. The second-order valence-corrected chi connectivity index (χ2v) is 9.28. The molecule has 5 N–H and O–H groups in total. The molecule has 0 unspecified atom stereocenters. The highest BCUT2D eigenvalue weighted by Gasteiger charge is 2.39. The molecule has 4 atom stereocenters. The molecule has 11 nitrogen and oxygen atoms in total. The minimum atomic E-state index is -1.32. The number of carbonyl (C=O) groups excluding carboxylic acids is 2. The van der Waals surface area contributed by atoms with Crippen LogP contribution in [0.15, 0.2) is 46.1 Å². The number of H-pyrrole nitrogens is 1. The Balaban J connectivity index is 1.57. The predicted molar refractivity (Wildman–Crippen MR) is 122 cm³/mol. The Morgan fingerprint density at radius 1 is 1.09 bits per heavy atom. The summed E-state index contributed by atoms with van der Waals surface area (Å²) in [4.78, 5) is 49.8. The lowest BCUT2D eigenvalue weighted by Gasteiger charge is -2.38. The molecule has 1 aromatic heterocycles. The third kappa shape index (κ3) is 6.33. The van der Waals surface area contributed by atoms with Gasteiger partial charge in [-0.1, -0.05) is 12.1 Å². The summed E-state index contributed by atoms with van der Waals surface area (Å²) in [6, 6.07) is 6.29. The van der Waals surface area contributed by atoms with Crippen LogP contribution in [0.2, 0.25) is 0 Å². The molecule has 0 saturated heterocycles. The van der Waals surface area contributed by atoms with Crippen molar-refractivity contribution in [3.05, 3.63) is 68.5 Å². The second kappa shape index (κ2) is 10.2. The molecule has 2 amide bonds. The smallest absolute Gasteiger partial charge is 0.407 e. The number of rotatable bonds is 5. The Morgan fingerprint density at radius 3 is 2.38 bits per heavy atom. The molecule has 11 heteroatoms. The largest absolute Gasteiger partial charge is 0.444 e. The molecule has 0 radical (unpaired) electrons. The zero-order valence-electron chi connectivity index (χ0n) is 19.3. The summed E-state index contributed by atoms with van der Waals surface area (Å²) in [7, 11) is 0. The Labute approximate surface area is 195 Å². The van der Waals surface area contributed by atoms with Gasteiger partial charge in [-0.25, -0.2) is 9.59 Å². The number of aromatic nitrogens is 2. The van der Waals surface area contributed by atoms with Crippen molar-refractivity contribution in [1.82, 2.24) is 20.2 Å². The Bertz CT molecular complexity index is 1130. The molecule has 1 heterocycles. The van der Waals surface area contributed by atoms with Gasteiger partial charge in [0.1, 0.15) is 17.8 Å². The topological polar surface area (TPSA) is 163 Å². The standard InChI is InChI=1S/C23H30N4O7/c1-23(2,3)34-22(33)24-12-13-4-6-14(7-5-13)20(31)25-15-8-9-16(19(30)18(15)29)27-11-10-17(28)26-21(27)32/h4-7,10-11,15-16,18-19,29-30H,8-9,12H2,1-3H3,(H,24,33)(H,25,31)(H,26,28,32)/t15-,16-,18-,19-/m1/s1. The summed E-state index contributed by atoms with van der Waals surface area (Å²) in [5.74, 6) is -0.428. The number of nitrogens with one attached hydrogen (secondary N) is 3. The van der Waals surface area contributed by atoms with Crippen LogP contribution in [0, 0.1) is 0 Å². The van der Waals surface area contributed by atoms with E-state index in [-0.39, 0.29) is 6.54 Å². The molecule has 2 aromatic rings. The molecular weight excluding hydrogens is 444 g/mol. The molecule has 3 rings (SSSR count). The number of benzene rings is 1. The molecular formula is C23H30N4O7. The summed E-state index contributed by atoms with van der Waals surface area (Å²) in [6.45, 7) is 5.54. The van der Waals surface area contributed by atoms with Gasteiger partial charge in [0.2, 0.25) is 0 Å². The van der Waals surface area contributed by atoms with Gasteiger partial charge in [-0.3, -0.25) is 19.1 Å². The fraction of sp³-hybridized carbons (Fsp3) is 0.478. The molecule has 1 aliphatic rings. The van der Waals surface area contributed by atoms with Crippen molar-refractivity contribution in [3.8, 4) is 0 Å². The van der Waals surface area contributed by atoms with Gasteiger partial charge in [-0.15, -0.1) is 0 Å². The van der Waals surface area contributed by atoms with E-state index in [1.165, 1.54) is 16.8 Å². The fourth-order valence-corrected chi connectivity index (χ4v) is 3.82. The Kier molecular flexibility index (Phi) is 7.57. The molecule has 1 saturated carbocycles. The maximum atomic E-state index is 12.7. The number of amides is 2. The predicted octanol–water partition coefficient (Wildman–Crippen LogP) is 0.417. The number of aromatic amines is 1. The van der Waals surface area contributed by atoms with Gasteiger partial charge >= 0.3 is 11.8 Å². The van der Waals surface area contributed by atoms with Gasteiger partial charge in [0, 0.05) is 24.4 Å². The Hall–Kier alpha value is -3.44. The number of carbonyl (C=O) groups is 2. The maximum Gasteiger partial charge on any atom is 0.407 e. The lowest BCUT2D eigenvalue weighted by atomic mass is 9.85. The summed E-state index contributed by atoms with van der Waals surface area (Å²) < 4.78 is 6.36. The van der Waals surface area contributed by atoms with Crippen LogP contribution in [-0.2, 0) is 11.3 Å². The van der Waals surface area contributed by atoms with Crippen LogP contribution in [0.25, 0.3) is 0 Å². The average Bonchev–Trinajstić information content (AvgIpc) is 2.75. The molecule has 0 spiro atoms. The van der Waals surface area contributed by atoms with Gasteiger partial charge in [0.25, 0.3) is 11.5 Å². The zero-order valence-corrected chi connectivity index (χ0v) is 19.3. The highest BCUT2D eigenvalue weighted by molar-refractivity contribution is 5.94. The van der Waals surface area contributed by atoms with Crippen LogP contribution in [-0.4, -0.2) is 55.6 Å². The second-order valence-electron chi connectivity index (χ2n) is 9.28. The first kappa shape index (κ1) is 25.2. The van der Waals surface area contributed by atoms with Crippen molar-refractivity contribution in [2.75, 3.05) is 0 Å². The lowest BCUT2D eigenvalue weighted by molar-refractivity contribution is -0.0570. The Morgan fingerprint density at radius 2 is 1.76 bits per heavy atom. The first-order valence-corrected chi connectivity index (χ1v) is 11.0. The lowest BCUT2D eigenvalue weighted by Crippen LogP contribution is -2.55. The number of hydrogen-bond acceptors (Lipinski definition) is 7. The van der Waals surface area contributed by atoms with E-state index in [1.807, 2.05) is 0 Å². The molecule has 34 heavy (non-hydrogen) atoms. The third-order valence-electron chi connectivity index (χ3n) is 5.51. The normalized spacial score (nSPS) is 22.6. The van der Waals surface area contributed by atoms with Crippen molar-refractivity contribution in [1.29, 1.82) is 0 Å². The van der Waals surface area contributed by atoms with Crippen LogP contribution in [0.1, 0.15) is 55.6 Å². The molecule has 0 aliphatic heterocycles. The zero-order chi connectivity index (χ0) is 25.0. The van der Waals surface area contributed by atoms with Gasteiger partial charge in [0.15, 0.2) is 0 Å². The number of aliphatic hydroxyl groups is 2. The molecule has 1 fully saturated rings. The van der Waals surface area contributed by atoms with Crippen LogP contribution in [0.3, 0.4) is 0 Å². The number of nitrogens with zero attached hydrogens (tertiary/aromatic N) is 1. The van der Waals surface area contributed by atoms with Crippen LogP contribution >= 0.6 is 0 Å². The fourth-order valence-electron chi connectivity index (χ4n) is 3.82. The van der Waals surface area contributed by atoms with Gasteiger partial charge < -0.3 is 25.6 Å². The van der Waals surface area contributed by atoms with E-state index in [9.17, 15) is 29.4 Å². The summed E-state index contributed by atoms with van der Waals surface area (Å²) in [5.41, 5.74) is -0.707. The molecule has 1 aromatic carbocycles. The van der Waals surface area contributed by atoms with Crippen molar-refractivity contribution in [2.24, 2.45) is 0 Å². The SMILES string of the molecule is CC(C)(C)OC(=O)NCc1ccc(C(=O)N[C@@H]2CC[C@@H](n3ccc(=O)[nH]c3=O)[C@@H](O)[C@@H]2O)cc1. The highest BCUT2D eigenvalue weighted by atomic mass is 16.6. The van der Waals surface area contributed by atoms with Crippen LogP contribution in [0.4, 0.5) is 4.79 Å². The third-order valence-corrected chi connectivity index (χ3v) is 5.51. The van der Waals surface area contributed by atoms with Gasteiger partial charge in [-0.05, 0) is 51.3 Å². The van der Waals surface area contributed by atoms with Crippen LogP contribution in [0.5, 0.6) is 0 Å². The van der Waals surface area contributed by atoms with Gasteiger partial charge in [-0.2, -0.15) is 0 Å². The first-order chi connectivity index (χ1) is 15.9. The summed E-state index contributed by atoms with van der Waals surface area (Å²) in [6.07, 6.45) is -1.26. The summed E-state index contributed by atoms with van der Waals surface area (Å²) >= 11 is 0. The number of aliphatic hydroxyl groups excluding tert-OH is 2. The number of ether oxygens (including phenoxy) is 1. The minimum absolute atomic E-state index is 0.232. The maximum absolute atomic E-state index is 12.7. The van der Waals surface area contributed by atoms with E-state index < -0.39 is 53.1 Å². The van der Waals surface area contributed by atoms with Crippen LogP contribution < -0.4 is 21.9 Å². The van der Waals surface area contributed by atoms with Crippen molar-refractivity contribution in [2.45, 2.75) is 70.1 Å². The van der Waals surface area contributed by atoms with E-state index in [2.05, 4.69) is 15.6 Å². The van der Waals surface area contributed by atoms with E-state index in [0.717, 1.165) is 5.56 Å². The summed E-state index contributed by atoms with van der Waals surface area (Å²) in [5, 5.41) is 26.5. The first-order valence-electron chi connectivity index (χ1n) is 11.0.